The zero-order chi connectivity index (χ0) is 17.2. The van der Waals surface area contributed by atoms with E-state index in [9.17, 15) is 9.59 Å². The quantitative estimate of drug-likeness (QED) is 0.844. The highest BCUT2D eigenvalue weighted by Crippen LogP contribution is 2.32. The van der Waals surface area contributed by atoms with Crippen LogP contribution in [0.3, 0.4) is 0 Å². The van der Waals surface area contributed by atoms with Gasteiger partial charge in [0.05, 0.1) is 0 Å². The Morgan fingerprint density at radius 1 is 1.30 bits per heavy atom. The molecule has 122 valence electrons. The molecule has 0 atom stereocenters. The maximum Gasteiger partial charge on any atom is 0.355 e. The topological polar surface area (TPSA) is 76.5 Å². The van der Waals surface area contributed by atoms with Gasteiger partial charge in [0.25, 0.3) is 0 Å². The Labute approximate surface area is 138 Å². The molecule has 0 fully saturated rings. The molecule has 0 aliphatic heterocycles. The van der Waals surface area contributed by atoms with Crippen LogP contribution in [-0.2, 0) is 5.41 Å². The highest BCUT2D eigenvalue weighted by atomic mass is 32.1. The van der Waals surface area contributed by atoms with Crippen molar-refractivity contribution in [2.75, 3.05) is 6.61 Å². The molecule has 1 heterocycles. The molecule has 1 N–H and O–H groups in total. The normalized spacial score (nSPS) is 11.3. The molecule has 5 nitrogen and oxygen atoms in total. The lowest BCUT2D eigenvalue weighted by molar-refractivity contribution is 0.0691. The van der Waals surface area contributed by atoms with E-state index in [0.717, 1.165) is 22.5 Å². The summed E-state index contributed by atoms with van der Waals surface area (Å²) in [6.07, 6.45) is 0. The predicted molar refractivity (Wildman–Crippen MR) is 88.8 cm³/mol. The lowest BCUT2D eigenvalue weighted by Gasteiger charge is -2.23. The molecule has 0 unspecified atom stereocenters. The van der Waals surface area contributed by atoms with Crippen molar-refractivity contribution >= 4 is 23.1 Å². The first-order valence-electron chi connectivity index (χ1n) is 7.14. The van der Waals surface area contributed by atoms with Crippen molar-refractivity contribution in [2.45, 2.75) is 33.1 Å². The highest BCUT2D eigenvalue weighted by Gasteiger charge is 2.21. The van der Waals surface area contributed by atoms with Crippen molar-refractivity contribution in [3.05, 3.63) is 45.4 Å². The van der Waals surface area contributed by atoms with E-state index >= 15 is 0 Å². The van der Waals surface area contributed by atoms with E-state index in [1.165, 1.54) is 5.38 Å². The average Bonchev–Trinajstić information content (AvgIpc) is 2.93. The van der Waals surface area contributed by atoms with Crippen LogP contribution in [0, 0.1) is 6.92 Å². The predicted octanol–water partition coefficient (Wildman–Crippen LogP) is 3.71. The monoisotopic (exact) mass is 333 g/mol. The van der Waals surface area contributed by atoms with Gasteiger partial charge in [-0.25, -0.2) is 9.78 Å². The molecular formula is C17H19NO4S. The summed E-state index contributed by atoms with van der Waals surface area (Å²) in [6.45, 7) is 8.02. The van der Waals surface area contributed by atoms with Crippen LogP contribution in [0.5, 0.6) is 5.75 Å². The SMILES string of the molecule is Cc1ccc(C(C)(C)C)c(OCC(=O)c2nc(C(=O)O)cs2)c1. The summed E-state index contributed by atoms with van der Waals surface area (Å²) in [5.41, 5.74) is 1.83. The summed E-state index contributed by atoms with van der Waals surface area (Å²) in [6, 6.07) is 5.91. The Hall–Kier alpha value is -2.21. The minimum atomic E-state index is -1.14. The zero-order valence-corrected chi connectivity index (χ0v) is 14.4. The molecular weight excluding hydrogens is 314 g/mol. The Kier molecular flexibility index (Phi) is 4.85. The molecule has 1 aromatic carbocycles. The van der Waals surface area contributed by atoms with Crippen molar-refractivity contribution in [1.82, 2.24) is 4.98 Å². The first-order valence-corrected chi connectivity index (χ1v) is 8.02. The van der Waals surface area contributed by atoms with Gasteiger partial charge in [0.1, 0.15) is 5.75 Å². The zero-order valence-electron chi connectivity index (χ0n) is 13.5. The van der Waals surface area contributed by atoms with Crippen molar-refractivity contribution < 1.29 is 19.4 Å². The van der Waals surface area contributed by atoms with Gasteiger partial charge < -0.3 is 9.84 Å². The van der Waals surface area contributed by atoms with E-state index in [2.05, 4.69) is 25.8 Å². The lowest BCUT2D eigenvalue weighted by atomic mass is 9.86. The Morgan fingerprint density at radius 2 is 2.00 bits per heavy atom. The fourth-order valence-corrected chi connectivity index (χ4v) is 2.79. The van der Waals surface area contributed by atoms with E-state index in [-0.39, 0.29) is 28.5 Å². The number of ketones is 1. The molecule has 0 amide bonds. The van der Waals surface area contributed by atoms with E-state index in [1.54, 1.807) is 0 Å². The number of rotatable bonds is 5. The van der Waals surface area contributed by atoms with Crippen LogP contribution in [-0.4, -0.2) is 28.4 Å². The van der Waals surface area contributed by atoms with Gasteiger partial charge >= 0.3 is 5.97 Å². The van der Waals surface area contributed by atoms with Gasteiger partial charge in [-0.2, -0.15) is 0 Å². The fourth-order valence-electron chi connectivity index (χ4n) is 2.07. The smallest absolute Gasteiger partial charge is 0.355 e. The van der Waals surface area contributed by atoms with E-state index in [4.69, 9.17) is 9.84 Å². The van der Waals surface area contributed by atoms with E-state index in [1.807, 2.05) is 25.1 Å². The van der Waals surface area contributed by atoms with Crippen LogP contribution in [0.4, 0.5) is 0 Å². The molecule has 0 radical (unpaired) electrons. The number of carboxylic acid groups (broad SMARTS) is 1. The third-order valence-corrected chi connectivity index (χ3v) is 4.15. The lowest BCUT2D eigenvalue weighted by Crippen LogP contribution is -2.17. The Bertz CT molecular complexity index is 743. The van der Waals surface area contributed by atoms with Crippen LogP contribution in [0.2, 0.25) is 0 Å². The minimum Gasteiger partial charge on any atom is -0.485 e. The molecule has 2 rings (SSSR count). The number of aromatic carboxylic acids is 1. The van der Waals surface area contributed by atoms with Crippen LogP contribution in [0.15, 0.2) is 23.6 Å². The number of hydrogen-bond donors (Lipinski definition) is 1. The molecule has 1 aromatic heterocycles. The molecule has 0 aliphatic carbocycles. The summed E-state index contributed by atoms with van der Waals surface area (Å²) in [5.74, 6) is -0.806. The maximum atomic E-state index is 12.1. The standard InChI is InChI=1S/C17H19NO4S/c1-10-5-6-11(17(2,3)4)14(7-10)22-8-13(19)15-18-12(9-23-15)16(20)21/h5-7,9H,8H2,1-4H3,(H,20,21). The highest BCUT2D eigenvalue weighted by molar-refractivity contribution is 7.12. The Morgan fingerprint density at radius 3 is 2.57 bits per heavy atom. The van der Waals surface area contributed by atoms with Crippen LogP contribution < -0.4 is 4.74 Å². The first-order chi connectivity index (χ1) is 10.7. The molecule has 2 aromatic rings. The fraction of sp³-hybridized carbons (Fsp3) is 0.353. The molecule has 0 saturated heterocycles. The number of nitrogens with zero attached hydrogens (tertiary/aromatic N) is 1. The van der Waals surface area contributed by atoms with Crippen molar-refractivity contribution in [1.29, 1.82) is 0 Å². The number of aryl methyl sites for hydroxylation is 1. The Balaban J connectivity index is 2.15. The van der Waals surface area contributed by atoms with Crippen molar-refractivity contribution in [3.8, 4) is 5.75 Å². The number of carbonyl (C=O) groups excluding carboxylic acids is 1. The number of ether oxygens (including phenoxy) is 1. The maximum absolute atomic E-state index is 12.1. The third-order valence-electron chi connectivity index (χ3n) is 3.27. The third kappa shape index (κ3) is 4.16. The van der Waals surface area contributed by atoms with E-state index in [0.29, 0.717) is 5.75 Å². The number of carbonyl (C=O) groups is 2. The number of thiazole rings is 1. The summed E-state index contributed by atoms with van der Waals surface area (Å²) in [7, 11) is 0. The number of carboxylic acids is 1. The summed E-state index contributed by atoms with van der Waals surface area (Å²) in [5, 5.41) is 10.3. The number of aromatic nitrogens is 1. The largest absolute Gasteiger partial charge is 0.485 e. The van der Waals surface area contributed by atoms with Crippen molar-refractivity contribution in [2.24, 2.45) is 0 Å². The van der Waals surface area contributed by atoms with Gasteiger partial charge in [0.15, 0.2) is 17.3 Å². The van der Waals surface area contributed by atoms with Crippen molar-refractivity contribution in [3.63, 3.8) is 0 Å². The first kappa shape index (κ1) is 17.1. The van der Waals surface area contributed by atoms with Gasteiger partial charge in [-0.1, -0.05) is 32.9 Å². The van der Waals surface area contributed by atoms with E-state index < -0.39 is 5.97 Å². The number of benzene rings is 1. The second-order valence-electron chi connectivity index (χ2n) is 6.30. The van der Waals surface area contributed by atoms with Gasteiger partial charge in [-0.15, -0.1) is 11.3 Å². The molecule has 23 heavy (non-hydrogen) atoms. The van der Waals surface area contributed by atoms with Gasteiger partial charge in [0, 0.05) is 5.38 Å². The summed E-state index contributed by atoms with van der Waals surface area (Å²) in [4.78, 5) is 26.7. The number of Topliss-reactive ketones (excluding diaryl/α,β-unsaturated/α-hetero) is 1. The molecule has 0 bridgehead atoms. The van der Waals surface area contributed by atoms with Crippen LogP contribution in [0.25, 0.3) is 0 Å². The second-order valence-corrected chi connectivity index (χ2v) is 7.16. The number of hydrogen-bond acceptors (Lipinski definition) is 5. The van der Waals surface area contributed by atoms with Crippen LogP contribution >= 0.6 is 11.3 Å². The molecule has 6 heteroatoms. The minimum absolute atomic E-state index is 0.107. The van der Waals surface area contributed by atoms with Gasteiger partial charge in [-0.3, -0.25) is 4.79 Å². The summed E-state index contributed by atoms with van der Waals surface area (Å²) >= 11 is 1.01. The van der Waals surface area contributed by atoms with Gasteiger partial charge in [-0.05, 0) is 29.5 Å². The molecule has 0 saturated carbocycles. The average molecular weight is 333 g/mol. The van der Waals surface area contributed by atoms with Gasteiger partial charge in [0.2, 0.25) is 5.78 Å². The molecule has 0 spiro atoms. The molecule has 0 aliphatic rings. The summed E-state index contributed by atoms with van der Waals surface area (Å²) < 4.78 is 5.70. The second kappa shape index (κ2) is 6.50. The van der Waals surface area contributed by atoms with Crippen LogP contribution in [0.1, 0.15) is 52.2 Å².